The van der Waals surface area contributed by atoms with Gasteiger partial charge in [0.25, 0.3) is 0 Å². The van der Waals surface area contributed by atoms with E-state index < -0.39 is 0 Å². The summed E-state index contributed by atoms with van der Waals surface area (Å²) in [6.07, 6.45) is 9.31. The first-order valence-corrected chi connectivity index (χ1v) is 14.0. The number of halogens is 2. The zero-order valence-corrected chi connectivity index (χ0v) is 25.0. The van der Waals surface area contributed by atoms with E-state index in [9.17, 15) is 4.79 Å². The lowest BCUT2D eigenvalue weighted by Crippen LogP contribution is -2.34. The standard InChI is InChI=1S/C29H37Cl2N5O.C2H5N/c1-21(29-26(30)6-4-7-27(29)31)33-25(19-32)18-22-13-16-36(17-14-22)20-23-9-11-24(12-10-23)34-28(37)8-5-15-35(2)3;1-2-3/h4-12,19,22,33H,1,13-18,20,32H2,2-3H3,(H,34,37);2H,1,3H2/b8-5+,25-19+;. The average Bonchev–Trinajstić information content (AvgIpc) is 2.90. The Hall–Kier alpha value is -3.23. The molecule has 0 bridgehead atoms. The third-order valence-corrected chi connectivity index (χ3v) is 6.99. The Labute approximate surface area is 249 Å². The minimum atomic E-state index is -0.115. The summed E-state index contributed by atoms with van der Waals surface area (Å²) >= 11 is 12.6. The van der Waals surface area contributed by atoms with Gasteiger partial charge < -0.3 is 27.0 Å². The van der Waals surface area contributed by atoms with Crippen LogP contribution in [0.2, 0.25) is 10.0 Å². The van der Waals surface area contributed by atoms with Gasteiger partial charge in [-0.1, -0.05) is 60.6 Å². The highest BCUT2D eigenvalue weighted by Gasteiger charge is 2.21. The molecule has 40 heavy (non-hydrogen) atoms. The molecule has 1 heterocycles. The summed E-state index contributed by atoms with van der Waals surface area (Å²) < 4.78 is 0. The van der Waals surface area contributed by atoms with E-state index in [4.69, 9.17) is 28.9 Å². The molecule has 2 aromatic carbocycles. The van der Waals surface area contributed by atoms with E-state index in [0.717, 1.165) is 56.8 Å². The molecule has 2 aromatic rings. The Balaban J connectivity index is 0.00000178. The summed E-state index contributed by atoms with van der Waals surface area (Å²) in [4.78, 5) is 16.5. The van der Waals surface area contributed by atoms with E-state index in [2.05, 4.69) is 46.6 Å². The van der Waals surface area contributed by atoms with E-state index in [-0.39, 0.29) is 5.91 Å². The first-order chi connectivity index (χ1) is 19.2. The number of nitrogens with zero attached hydrogens (tertiary/aromatic N) is 2. The van der Waals surface area contributed by atoms with Crippen molar-refractivity contribution in [3.05, 3.63) is 107 Å². The van der Waals surface area contributed by atoms with Crippen molar-refractivity contribution in [3.8, 4) is 0 Å². The molecule has 7 nitrogen and oxygen atoms in total. The summed E-state index contributed by atoms with van der Waals surface area (Å²) in [5.74, 6) is 0.418. The van der Waals surface area contributed by atoms with Crippen molar-refractivity contribution in [2.24, 2.45) is 17.4 Å². The molecule has 6 N–H and O–H groups in total. The number of hydrogen-bond acceptors (Lipinski definition) is 6. The van der Waals surface area contributed by atoms with Crippen LogP contribution in [-0.2, 0) is 11.3 Å². The molecule has 1 amide bonds. The largest absolute Gasteiger partial charge is 0.405 e. The molecule has 9 heteroatoms. The van der Waals surface area contributed by atoms with Crippen LogP contribution in [0.1, 0.15) is 30.4 Å². The van der Waals surface area contributed by atoms with Crippen LogP contribution < -0.4 is 22.1 Å². The van der Waals surface area contributed by atoms with E-state index in [0.29, 0.717) is 27.2 Å². The number of nitrogens with one attached hydrogen (secondary N) is 2. The Bertz CT molecular complexity index is 1150. The van der Waals surface area contributed by atoms with Crippen LogP contribution in [0.3, 0.4) is 0 Å². The molecule has 1 saturated heterocycles. The molecule has 0 aromatic heterocycles. The minimum absolute atomic E-state index is 0.115. The Morgan fingerprint density at radius 2 is 1.70 bits per heavy atom. The molecule has 0 aliphatic carbocycles. The lowest BCUT2D eigenvalue weighted by Gasteiger charge is -2.32. The van der Waals surface area contributed by atoms with Gasteiger partial charge in [-0.2, -0.15) is 0 Å². The molecule has 216 valence electrons. The van der Waals surface area contributed by atoms with Gasteiger partial charge in [0.15, 0.2) is 0 Å². The first kappa shape index (κ1) is 33.0. The first-order valence-electron chi connectivity index (χ1n) is 13.2. The van der Waals surface area contributed by atoms with Crippen LogP contribution in [0.15, 0.2) is 85.9 Å². The highest BCUT2D eigenvalue weighted by atomic mass is 35.5. The monoisotopic (exact) mass is 584 g/mol. The highest BCUT2D eigenvalue weighted by molar-refractivity contribution is 6.37. The summed E-state index contributed by atoms with van der Waals surface area (Å²) in [7, 11) is 3.93. The normalized spacial score (nSPS) is 14.5. The lowest BCUT2D eigenvalue weighted by atomic mass is 9.92. The minimum Gasteiger partial charge on any atom is -0.405 e. The fraction of sp³-hybridized carbons (Fsp3) is 0.323. The van der Waals surface area contributed by atoms with Crippen LogP contribution in [0.25, 0.3) is 5.70 Å². The fourth-order valence-electron chi connectivity index (χ4n) is 4.37. The van der Waals surface area contributed by atoms with Crippen molar-refractivity contribution in [1.29, 1.82) is 0 Å². The van der Waals surface area contributed by atoms with Crippen molar-refractivity contribution in [1.82, 2.24) is 15.1 Å². The molecule has 3 rings (SSSR count). The number of likely N-dealkylation sites (tertiary alicyclic amines) is 1. The van der Waals surface area contributed by atoms with Crippen LogP contribution in [0.4, 0.5) is 5.69 Å². The second-order valence-corrected chi connectivity index (χ2v) is 10.7. The number of nitrogens with two attached hydrogens (primary N) is 2. The molecule has 1 aliphatic heterocycles. The van der Waals surface area contributed by atoms with Crippen LogP contribution in [-0.4, -0.2) is 49.4 Å². The molecule has 0 saturated carbocycles. The zero-order valence-electron chi connectivity index (χ0n) is 23.5. The van der Waals surface area contributed by atoms with Gasteiger partial charge in [-0.3, -0.25) is 9.69 Å². The smallest absolute Gasteiger partial charge is 0.248 e. The van der Waals surface area contributed by atoms with E-state index >= 15 is 0 Å². The van der Waals surface area contributed by atoms with Gasteiger partial charge in [-0.15, -0.1) is 0 Å². The van der Waals surface area contributed by atoms with Gasteiger partial charge in [0.2, 0.25) is 5.91 Å². The number of piperidine rings is 1. The van der Waals surface area contributed by atoms with E-state index in [1.54, 1.807) is 24.4 Å². The van der Waals surface area contributed by atoms with Gasteiger partial charge >= 0.3 is 0 Å². The topological polar surface area (TPSA) is 99.6 Å². The molecular weight excluding hydrogens is 543 g/mol. The molecule has 0 atom stereocenters. The van der Waals surface area contributed by atoms with Gasteiger partial charge in [0.05, 0.1) is 10.0 Å². The second-order valence-electron chi connectivity index (χ2n) is 9.90. The predicted molar refractivity (Wildman–Crippen MR) is 171 cm³/mol. The predicted octanol–water partition coefficient (Wildman–Crippen LogP) is 5.80. The van der Waals surface area contributed by atoms with Crippen molar-refractivity contribution < 1.29 is 4.79 Å². The number of rotatable bonds is 11. The second kappa shape index (κ2) is 17.5. The molecule has 0 radical (unpaired) electrons. The number of anilines is 1. The Morgan fingerprint density at radius 1 is 1.10 bits per heavy atom. The van der Waals surface area contributed by atoms with Crippen LogP contribution in [0.5, 0.6) is 0 Å². The Morgan fingerprint density at radius 3 is 2.25 bits per heavy atom. The number of hydrogen-bond donors (Lipinski definition) is 4. The fourth-order valence-corrected chi connectivity index (χ4v) is 4.99. The van der Waals surface area contributed by atoms with Crippen LogP contribution in [0, 0.1) is 5.92 Å². The number of amides is 1. The third-order valence-electron chi connectivity index (χ3n) is 6.36. The van der Waals surface area contributed by atoms with Gasteiger partial charge in [0.1, 0.15) is 0 Å². The van der Waals surface area contributed by atoms with Gasteiger partial charge in [-0.05, 0) is 88.4 Å². The van der Waals surface area contributed by atoms with Gasteiger partial charge in [0, 0.05) is 48.0 Å². The van der Waals surface area contributed by atoms with Crippen molar-refractivity contribution in [2.75, 3.05) is 39.0 Å². The number of likely N-dealkylation sites (N-methyl/N-ethyl adjacent to an activating group) is 1. The molecule has 0 unspecified atom stereocenters. The maximum Gasteiger partial charge on any atom is 0.248 e. The number of carbonyl (C=O) groups excluding carboxylic acids is 1. The van der Waals surface area contributed by atoms with Crippen molar-refractivity contribution in [2.45, 2.75) is 25.8 Å². The van der Waals surface area contributed by atoms with Crippen molar-refractivity contribution >= 4 is 40.5 Å². The highest BCUT2D eigenvalue weighted by Crippen LogP contribution is 2.31. The summed E-state index contributed by atoms with van der Waals surface area (Å²) in [5, 5.41) is 7.34. The molecule has 0 spiro atoms. The molecular formula is C31H42Cl2N6O. The Kier molecular flexibility index (Phi) is 14.4. The summed E-state index contributed by atoms with van der Waals surface area (Å²) in [6.45, 7) is 10.9. The summed E-state index contributed by atoms with van der Waals surface area (Å²) in [6, 6.07) is 13.5. The molecule has 1 aliphatic rings. The average molecular weight is 586 g/mol. The summed E-state index contributed by atoms with van der Waals surface area (Å²) in [5.41, 5.74) is 14.8. The lowest BCUT2D eigenvalue weighted by molar-refractivity contribution is -0.111. The third kappa shape index (κ3) is 11.5. The van der Waals surface area contributed by atoms with E-state index in [1.807, 2.05) is 43.3 Å². The van der Waals surface area contributed by atoms with E-state index in [1.165, 1.54) is 11.8 Å². The SMILES string of the molecule is C=C(N/C(=C/N)CC1CCN(Cc2ccc(NC(=O)/C=C/CN(C)C)cc2)CC1)c1c(Cl)cccc1Cl.C=CN. The van der Waals surface area contributed by atoms with Gasteiger partial charge in [-0.25, -0.2) is 0 Å². The zero-order chi connectivity index (χ0) is 29.5. The number of carbonyl (C=O) groups is 1. The molecule has 1 fully saturated rings. The van der Waals surface area contributed by atoms with Crippen molar-refractivity contribution in [3.63, 3.8) is 0 Å². The quantitative estimate of drug-likeness (QED) is 0.249. The number of allylic oxidation sites excluding steroid dienone is 1. The maximum atomic E-state index is 12.0. The number of benzene rings is 2. The maximum absolute atomic E-state index is 12.0. The van der Waals surface area contributed by atoms with Crippen LogP contribution >= 0.6 is 23.2 Å².